The zero-order chi connectivity index (χ0) is 22.4. The molecule has 1 amide bonds. The Morgan fingerprint density at radius 1 is 1.00 bits per heavy atom. The minimum Gasteiger partial charge on any atom is -0.508 e. The molecule has 3 aromatic carbocycles. The van der Waals surface area contributed by atoms with Crippen LogP contribution in [0.2, 0.25) is 5.02 Å². The Labute approximate surface area is 185 Å². The highest BCUT2D eigenvalue weighted by atomic mass is 35.5. The number of phenols is 1. The van der Waals surface area contributed by atoms with Crippen LogP contribution < -0.4 is 10.2 Å². The molecule has 3 rings (SSSR count). The zero-order valence-electron chi connectivity index (χ0n) is 17.0. The Morgan fingerprint density at radius 2 is 1.61 bits per heavy atom. The zero-order valence-corrected chi connectivity index (χ0v) is 17.8. The van der Waals surface area contributed by atoms with Crippen LogP contribution in [0.1, 0.15) is 35.3 Å². The summed E-state index contributed by atoms with van der Waals surface area (Å²) < 4.78 is 5.79. The van der Waals surface area contributed by atoms with Crippen LogP contribution in [-0.2, 0) is 4.79 Å². The molecule has 0 heterocycles. The first-order valence-electron chi connectivity index (χ1n) is 9.46. The minimum absolute atomic E-state index is 0.108. The van der Waals surface area contributed by atoms with Crippen molar-refractivity contribution < 1.29 is 19.4 Å². The summed E-state index contributed by atoms with van der Waals surface area (Å²) in [5.74, 6) is -0.0478. The number of benzene rings is 3. The van der Waals surface area contributed by atoms with Gasteiger partial charge < -0.3 is 9.84 Å². The first-order valence-corrected chi connectivity index (χ1v) is 9.84. The molecular formula is C24H21ClN2O4. The molecule has 158 valence electrons. The van der Waals surface area contributed by atoms with Gasteiger partial charge in [0, 0.05) is 16.1 Å². The van der Waals surface area contributed by atoms with Crippen molar-refractivity contribution in [3.05, 3.63) is 94.5 Å². The van der Waals surface area contributed by atoms with E-state index in [-0.39, 0.29) is 11.5 Å². The highest BCUT2D eigenvalue weighted by Gasteiger charge is 2.30. The Morgan fingerprint density at radius 3 is 2.23 bits per heavy atom. The van der Waals surface area contributed by atoms with Crippen molar-refractivity contribution in [2.24, 2.45) is 5.10 Å². The van der Waals surface area contributed by atoms with Crippen LogP contribution in [0.15, 0.2) is 77.9 Å². The number of carbonyl (C=O) groups is 2. The van der Waals surface area contributed by atoms with Gasteiger partial charge in [0.2, 0.25) is 0 Å². The quantitative estimate of drug-likeness (QED) is 0.322. The fourth-order valence-corrected chi connectivity index (χ4v) is 2.81. The van der Waals surface area contributed by atoms with Gasteiger partial charge in [-0.15, -0.1) is 0 Å². The van der Waals surface area contributed by atoms with Crippen molar-refractivity contribution in [2.45, 2.75) is 19.4 Å². The fourth-order valence-electron chi connectivity index (χ4n) is 2.69. The number of carbonyl (C=O) groups excluding carboxylic acids is 2. The smallest absolute Gasteiger partial charge is 0.283 e. The maximum atomic E-state index is 12.5. The van der Waals surface area contributed by atoms with E-state index in [0.29, 0.717) is 27.5 Å². The second-order valence-corrected chi connectivity index (χ2v) is 7.70. The Hall–Kier alpha value is -3.64. The predicted molar refractivity (Wildman–Crippen MR) is 120 cm³/mol. The van der Waals surface area contributed by atoms with Gasteiger partial charge in [0.25, 0.3) is 5.91 Å². The number of amides is 1. The summed E-state index contributed by atoms with van der Waals surface area (Å²) in [6.45, 7) is 3.22. The predicted octanol–water partition coefficient (Wildman–Crippen LogP) is 4.58. The topological polar surface area (TPSA) is 88.0 Å². The van der Waals surface area contributed by atoms with E-state index in [2.05, 4.69) is 10.5 Å². The van der Waals surface area contributed by atoms with E-state index in [1.54, 1.807) is 80.6 Å². The Bertz CT molecular complexity index is 1110. The molecule has 31 heavy (non-hydrogen) atoms. The van der Waals surface area contributed by atoms with E-state index in [1.165, 1.54) is 12.3 Å². The van der Waals surface area contributed by atoms with E-state index in [1.807, 2.05) is 0 Å². The number of hydrogen-bond donors (Lipinski definition) is 2. The van der Waals surface area contributed by atoms with Crippen LogP contribution in [0.25, 0.3) is 0 Å². The third-order valence-corrected chi connectivity index (χ3v) is 4.64. The molecule has 0 unspecified atom stereocenters. The summed E-state index contributed by atoms with van der Waals surface area (Å²) >= 11 is 5.86. The normalized spacial score (nSPS) is 11.3. The van der Waals surface area contributed by atoms with Crippen molar-refractivity contribution in [1.29, 1.82) is 0 Å². The van der Waals surface area contributed by atoms with Crippen LogP contribution in [-0.4, -0.2) is 28.6 Å². The van der Waals surface area contributed by atoms with Gasteiger partial charge in [0.15, 0.2) is 11.4 Å². The highest BCUT2D eigenvalue weighted by Crippen LogP contribution is 2.21. The van der Waals surface area contributed by atoms with Crippen LogP contribution in [0.4, 0.5) is 0 Å². The standard InChI is InChI=1S/C24H21ClN2O4/c1-24(2,23(30)27-26-15-16-4-3-5-20(28)14-16)31-21-12-8-18(9-13-21)22(29)17-6-10-19(25)11-7-17/h3-15,28H,1-2H3,(H,27,30)/b26-15+. The molecule has 0 aromatic heterocycles. The molecule has 0 bridgehead atoms. The number of phenolic OH excluding ortho intramolecular Hbond substituents is 1. The van der Waals surface area contributed by atoms with Gasteiger partial charge in [-0.3, -0.25) is 9.59 Å². The molecular weight excluding hydrogens is 416 g/mol. The fraction of sp³-hybridized carbons (Fsp3) is 0.125. The van der Waals surface area contributed by atoms with Gasteiger partial charge in [-0.2, -0.15) is 5.10 Å². The lowest BCUT2D eigenvalue weighted by Crippen LogP contribution is -2.44. The summed E-state index contributed by atoms with van der Waals surface area (Å²) in [4.78, 5) is 25.0. The van der Waals surface area contributed by atoms with Gasteiger partial charge in [0.1, 0.15) is 11.5 Å². The van der Waals surface area contributed by atoms with Gasteiger partial charge in [-0.05, 0) is 80.1 Å². The molecule has 0 aliphatic heterocycles. The monoisotopic (exact) mass is 436 g/mol. The van der Waals surface area contributed by atoms with Crippen molar-refractivity contribution >= 4 is 29.5 Å². The number of hydrogen-bond acceptors (Lipinski definition) is 5. The van der Waals surface area contributed by atoms with Gasteiger partial charge in [0.05, 0.1) is 6.21 Å². The van der Waals surface area contributed by atoms with E-state index < -0.39 is 11.5 Å². The number of nitrogens with one attached hydrogen (secondary N) is 1. The Balaban J connectivity index is 1.61. The lowest BCUT2D eigenvalue weighted by Gasteiger charge is -2.24. The maximum Gasteiger partial charge on any atom is 0.283 e. The molecule has 0 aliphatic rings. The van der Waals surface area contributed by atoms with E-state index in [4.69, 9.17) is 16.3 Å². The lowest BCUT2D eigenvalue weighted by molar-refractivity contribution is -0.134. The molecule has 0 fully saturated rings. The van der Waals surface area contributed by atoms with E-state index in [0.717, 1.165) is 0 Å². The summed E-state index contributed by atoms with van der Waals surface area (Å²) in [5.41, 5.74) is 2.88. The molecule has 2 N–H and O–H groups in total. The largest absolute Gasteiger partial charge is 0.508 e. The summed E-state index contributed by atoms with van der Waals surface area (Å²) in [5, 5.41) is 13.9. The molecule has 0 radical (unpaired) electrons. The number of hydrazone groups is 1. The molecule has 0 spiro atoms. The molecule has 6 nitrogen and oxygen atoms in total. The van der Waals surface area contributed by atoms with Crippen LogP contribution in [0.5, 0.6) is 11.5 Å². The maximum absolute atomic E-state index is 12.5. The van der Waals surface area contributed by atoms with Gasteiger partial charge >= 0.3 is 0 Å². The number of aromatic hydroxyl groups is 1. The van der Waals surface area contributed by atoms with Crippen molar-refractivity contribution in [3.63, 3.8) is 0 Å². The number of rotatable bonds is 7. The first kappa shape index (κ1) is 22.1. The summed E-state index contributed by atoms with van der Waals surface area (Å²) in [6.07, 6.45) is 1.42. The molecule has 0 saturated heterocycles. The average Bonchev–Trinajstić information content (AvgIpc) is 2.74. The van der Waals surface area contributed by atoms with E-state index >= 15 is 0 Å². The van der Waals surface area contributed by atoms with Gasteiger partial charge in [-0.1, -0.05) is 23.7 Å². The highest BCUT2D eigenvalue weighted by molar-refractivity contribution is 6.30. The van der Waals surface area contributed by atoms with Crippen LogP contribution in [0.3, 0.4) is 0 Å². The SMILES string of the molecule is CC(C)(Oc1ccc(C(=O)c2ccc(Cl)cc2)cc1)C(=O)N/N=C/c1cccc(O)c1. The van der Waals surface area contributed by atoms with E-state index in [9.17, 15) is 14.7 Å². The van der Waals surface area contributed by atoms with Crippen molar-refractivity contribution in [3.8, 4) is 11.5 Å². The third kappa shape index (κ3) is 5.93. The molecule has 3 aromatic rings. The lowest BCUT2D eigenvalue weighted by atomic mass is 10.0. The second kappa shape index (κ2) is 9.45. The minimum atomic E-state index is -1.21. The molecule has 7 heteroatoms. The molecule has 0 aliphatic carbocycles. The average molecular weight is 437 g/mol. The van der Waals surface area contributed by atoms with Crippen LogP contribution in [0, 0.1) is 0 Å². The number of nitrogens with zero attached hydrogens (tertiary/aromatic N) is 1. The second-order valence-electron chi connectivity index (χ2n) is 7.27. The molecule has 0 atom stereocenters. The van der Waals surface area contributed by atoms with Crippen molar-refractivity contribution in [1.82, 2.24) is 5.43 Å². The first-order chi connectivity index (χ1) is 14.7. The molecule has 0 saturated carbocycles. The Kier molecular flexibility index (Phi) is 6.72. The van der Waals surface area contributed by atoms with Crippen LogP contribution >= 0.6 is 11.6 Å². The summed E-state index contributed by atoms with van der Waals surface area (Å²) in [6, 6.07) is 19.7. The number of ether oxygens (including phenoxy) is 1. The summed E-state index contributed by atoms with van der Waals surface area (Å²) in [7, 11) is 0. The number of halogens is 1. The van der Waals surface area contributed by atoms with Gasteiger partial charge in [-0.25, -0.2) is 5.43 Å². The third-order valence-electron chi connectivity index (χ3n) is 4.39. The number of ketones is 1. The van der Waals surface area contributed by atoms with Crippen molar-refractivity contribution in [2.75, 3.05) is 0 Å².